The van der Waals surface area contributed by atoms with E-state index in [1.807, 2.05) is 0 Å². The average molecular weight is 486 g/mol. The molecule has 0 aliphatic heterocycles. The largest absolute Gasteiger partial charge is 0.480 e. The summed E-state index contributed by atoms with van der Waals surface area (Å²) in [5, 5.41) is 28.1. The van der Waals surface area contributed by atoms with Crippen molar-refractivity contribution in [2.75, 3.05) is 19.8 Å². The van der Waals surface area contributed by atoms with Gasteiger partial charge in [0.15, 0.2) is 6.29 Å². The number of unbranched alkanes of at least 4 members (excludes halogenated alkanes) is 11. The van der Waals surface area contributed by atoms with Gasteiger partial charge >= 0.3 is 13.8 Å². The van der Waals surface area contributed by atoms with Crippen LogP contribution in [0.5, 0.6) is 0 Å². The van der Waals surface area contributed by atoms with E-state index in [9.17, 15) is 24.5 Å². The van der Waals surface area contributed by atoms with Gasteiger partial charge in [-0.1, -0.05) is 77.6 Å². The van der Waals surface area contributed by atoms with Crippen molar-refractivity contribution < 1.29 is 43.4 Å². The van der Waals surface area contributed by atoms with E-state index in [4.69, 9.17) is 15.6 Å². The molecule has 10 nitrogen and oxygen atoms in total. The molecule has 0 spiro atoms. The predicted octanol–water partition coefficient (Wildman–Crippen LogP) is 3.32. The number of rotatable bonds is 23. The second-order valence-corrected chi connectivity index (χ2v) is 9.58. The van der Waals surface area contributed by atoms with Crippen LogP contribution in [0.4, 0.5) is 0 Å². The number of carboxylic acids is 1. The molecule has 0 rings (SSSR count). The molecule has 11 heteroatoms. The lowest BCUT2D eigenvalue weighted by atomic mass is 10.0. The SMILES string of the molecule is CCCCCCCCCCCCCC[C@H](O)OC[C@H](O)CO[P@](=O)(O)OC[C@H](N)C(=O)O. The molecule has 0 aromatic heterocycles. The van der Waals surface area contributed by atoms with Crippen molar-refractivity contribution in [2.45, 2.75) is 109 Å². The number of carbonyl (C=O) groups is 1. The number of aliphatic hydroxyl groups excluding tert-OH is 2. The lowest BCUT2D eigenvalue weighted by molar-refractivity contribution is -0.139. The number of carboxylic acid groups (broad SMARTS) is 1. The Morgan fingerprint density at radius 3 is 1.81 bits per heavy atom. The maximum absolute atomic E-state index is 11.6. The van der Waals surface area contributed by atoms with E-state index in [-0.39, 0.29) is 6.61 Å². The normalized spacial score (nSPS) is 16.4. The van der Waals surface area contributed by atoms with Crippen LogP contribution in [0.15, 0.2) is 0 Å². The van der Waals surface area contributed by atoms with Crippen LogP contribution in [0.3, 0.4) is 0 Å². The molecule has 4 atom stereocenters. The molecule has 0 aliphatic rings. The van der Waals surface area contributed by atoms with Gasteiger partial charge in [0, 0.05) is 0 Å². The first-order valence-electron chi connectivity index (χ1n) is 11.8. The zero-order chi connectivity index (χ0) is 24.2. The summed E-state index contributed by atoms with van der Waals surface area (Å²) in [6.07, 6.45) is 12.8. The third kappa shape index (κ3) is 20.1. The quantitative estimate of drug-likeness (QED) is 0.0822. The summed E-state index contributed by atoms with van der Waals surface area (Å²) in [4.78, 5) is 19.9. The fraction of sp³-hybridized carbons (Fsp3) is 0.952. The molecule has 0 fully saturated rings. The van der Waals surface area contributed by atoms with Gasteiger partial charge in [0.25, 0.3) is 0 Å². The van der Waals surface area contributed by atoms with Gasteiger partial charge < -0.3 is 30.7 Å². The number of phosphoric ester groups is 1. The summed E-state index contributed by atoms with van der Waals surface area (Å²) in [5.41, 5.74) is 5.16. The first-order valence-corrected chi connectivity index (χ1v) is 13.3. The van der Waals surface area contributed by atoms with E-state index in [1.165, 1.54) is 57.8 Å². The zero-order valence-electron chi connectivity index (χ0n) is 19.4. The minimum Gasteiger partial charge on any atom is -0.480 e. The van der Waals surface area contributed by atoms with Crippen LogP contribution in [-0.2, 0) is 23.1 Å². The Kier molecular flexibility index (Phi) is 19.5. The zero-order valence-corrected chi connectivity index (χ0v) is 20.3. The maximum atomic E-state index is 11.6. The summed E-state index contributed by atoms with van der Waals surface area (Å²) < 4.78 is 25.7. The van der Waals surface area contributed by atoms with Gasteiger partial charge in [0.2, 0.25) is 0 Å². The molecule has 0 saturated heterocycles. The monoisotopic (exact) mass is 485 g/mol. The second-order valence-electron chi connectivity index (χ2n) is 8.12. The number of hydrogen-bond donors (Lipinski definition) is 5. The molecule has 0 saturated carbocycles. The molecule has 0 aliphatic carbocycles. The summed E-state index contributed by atoms with van der Waals surface area (Å²) in [6.45, 7) is 0.647. The lowest BCUT2D eigenvalue weighted by Gasteiger charge is -2.18. The first kappa shape index (κ1) is 31.4. The fourth-order valence-electron chi connectivity index (χ4n) is 2.98. The number of aliphatic carboxylic acids is 1. The molecule has 0 bridgehead atoms. The first-order chi connectivity index (χ1) is 15.2. The van der Waals surface area contributed by atoms with Crippen molar-refractivity contribution in [3.05, 3.63) is 0 Å². The van der Waals surface area contributed by atoms with Crippen molar-refractivity contribution >= 4 is 13.8 Å². The molecule has 32 heavy (non-hydrogen) atoms. The Bertz CT molecular complexity index is 510. The topological polar surface area (TPSA) is 169 Å². The van der Waals surface area contributed by atoms with Crippen molar-refractivity contribution in [3.8, 4) is 0 Å². The standard InChI is InChI=1S/C21H44NO9P/c1-2-3-4-5-6-7-8-9-10-11-12-13-14-20(24)29-15-18(23)16-30-32(27,28)31-17-19(22)21(25)26/h18-20,23-24H,2-17,22H2,1H3,(H,25,26)(H,27,28)/t18-,19-,20+/m0/s1. The average Bonchev–Trinajstić information content (AvgIpc) is 2.75. The van der Waals surface area contributed by atoms with Crippen LogP contribution in [0, 0.1) is 0 Å². The fourth-order valence-corrected chi connectivity index (χ4v) is 3.76. The summed E-state index contributed by atoms with van der Waals surface area (Å²) in [7, 11) is -4.55. The molecule has 192 valence electrons. The molecule has 0 amide bonds. The molecular formula is C21H44NO9P. The lowest BCUT2D eigenvalue weighted by Crippen LogP contribution is -2.34. The van der Waals surface area contributed by atoms with Crippen molar-refractivity contribution in [3.63, 3.8) is 0 Å². The Labute approximate surface area is 192 Å². The van der Waals surface area contributed by atoms with Crippen LogP contribution in [0.1, 0.15) is 90.4 Å². The van der Waals surface area contributed by atoms with E-state index < -0.39 is 45.4 Å². The molecule has 0 unspecified atom stereocenters. The number of aliphatic hydroxyl groups is 2. The molecular weight excluding hydrogens is 441 g/mol. The minimum atomic E-state index is -4.55. The highest BCUT2D eigenvalue weighted by Gasteiger charge is 2.26. The number of phosphoric acid groups is 1. The Morgan fingerprint density at radius 2 is 1.31 bits per heavy atom. The minimum absolute atomic E-state index is 0.284. The smallest absolute Gasteiger partial charge is 0.472 e. The maximum Gasteiger partial charge on any atom is 0.472 e. The summed E-state index contributed by atoms with van der Waals surface area (Å²) >= 11 is 0. The highest BCUT2D eigenvalue weighted by atomic mass is 31.2. The van der Waals surface area contributed by atoms with Gasteiger partial charge in [-0.05, 0) is 12.8 Å². The third-order valence-corrected chi connectivity index (χ3v) is 5.90. The molecule has 6 N–H and O–H groups in total. The van der Waals surface area contributed by atoms with E-state index in [1.54, 1.807) is 0 Å². The summed E-state index contributed by atoms with van der Waals surface area (Å²) in [5.74, 6) is -1.39. The molecule has 0 radical (unpaired) electrons. The van der Waals surface area contributed by atoms with Crippen LogP contribution in [0.25, 0.3) is 0 Å². The predicted molar refractivity (Wildman–Crippen MR) is 121 cm³/mol. The highest BCUT2D eigenvalue weighted by Crippen LogP contribution is 2.43. The van der Waals surface area contributed by atoms with Crippen molar-refractivity contribution in [1.29, 1.82) is 0 Å². The van der Waals surface area contributed by atoms with E-state index >= 15 is 0 Å². The van der Waals surface area contributed by atoms with Gasteiger partial charge in [-0.3, -0.25) is 13.8 Å². The second kappa shape index (κ2) is 19.9. The number of ether oxygens (including phenoxy) is 1. The van der Waals surface area contributed by atoms with Gasteiger partial charge in [0.05, 0.1) is 19.8 Å². The van der Waals surface area contributed by atoms with Gasteiger partial charge in [0.1, 0.15) is 12.1 Å². The Morgan fingerprint density at radius 1 is 0.844 bits per heavy atom. The van der Waals surface area contributed by atoms with E-state index in [0.717, 1.165) is 19.3 Å². The Balaban J connectivity index is 3.62. The van der Waals surface area contributed by atoms with E-state index in [2.05, 4.69) is 16.0 Å². The van der Waals surface area contributed by atoms with Crippen molar-refractivity contribution in [1.82, 2.24) is 0 Å². The van der Waals surface area contributed by atoms with Gasteiger partial charge in [-0.25, -0.2) is 4.57 Å². The molecule has 0 heterocycles. The van der Waals surface area contributed by atoms with Crippen LogP contribution < -0.4 is 5.73 Å². The van der Waals surface area contributed by atoms with E-state index in [0.29, 0.717) is 6.42 Å². The van der Waals surface area contributed by atoms with Gasteiger partial charge in [-0.2, -0.15) is 0 Å². The number of nitrogens with two attached hydrogens (primary N) is 1. The van der Waals surface area contributed by atoms with Crippen molar-refractivity contribution in [2.24, 2.45) is 5.73 Å². The Hall–Kier alpha value is -0.580. The van der Waals surface area contributed by atoms with Crippen LogP contribution in [-0.4, -0.2) is 64.4 Å². The number of hydrogen-bond acceptors (Lipinski definition) is 8. The summed E-state index contributed by atoms with van der Waals surface area (Å²) in [6, 6.07) is -1.47. The van der Waals surface area contributed by atoms with Gasteiger partial charge in [-0.15, -0.1) is 0 Å². The molecule has 0 aromatic rings. The van der Waals surface area contributed by atoms with Crippen LogP contribution >= 0.6 is 7.82 Å². The van der Waals surface area contributed by atoms with Crippen LogP contribution in [0.2, 0.25) is 0 Å². The highest BCUT2D eigenvalue weighted by molar-refractivity contribution is 7.47. The third-order valence-electron chi connectivity index (χ3n) is 4.95. The molecule has 0 aromatic carbocycles.